The number of carbonyl (C=O) groups excluding carboxylic acids is 2. The summed E-state index contributed by atoms with van der Waals surface area (Å²) >= 11 is 0. The lowest BCUT2D eigenvalue weighted by Crippen LogP contribution is -2.44. The van der Waals surface area contributed by atoms with Crippen molar-refractivity contribution in [2.24, 2.45) is 0 Å². The van der Waals surface area contributed by atoms with Crippen LogP contribution in [0.1, 0.15) is 23.8 Å². The van der Waals surface area contributed by atoms with Crippen LogP contribution in [0.4, 0.5) is 5.69 Å². The number of hydrogen-bond donors (Lipinski definition) is 2. The van der Waals surface area contributed by atoms with Crippen LogP contribution in [0.15, 0.2) is 47.1 Å². The molecule has 1 aromatic carbocycles. The third kappa shape index (κ3) is 4.92. The molecule has 0 radical (unpaired) electrons. The molecule has 3 rings (SSSR count). The van der Waals surface area contributed by atoms with Gasteiger partial charge in [-0.05, 0) is 57.2 Å². The van der Waals surface area contributed by atoms with Gasteiger partial charge in [0.25, 0.3) is 0 Å². The third-order valence-electron chi connectivity index (χ3n) is 4.90. The van der Waals surface area contributed by atoms with Crippen molar-refractivity contribution in [1.29, 1.82) is 0 Å². The van der Waals surface area contributed by atoms with E-state index in [4.69, 9.17) is 4.42 Å². The largest absolute Gasteiger partial charge is 0.467 e. The highest BCUT2D eigenvalue weighted by Gasteiger charge is 2.29. The summed E-state index contributed by atoms with van der Waals surface area (Å²) in [5, 5.41) is 5.43. The Morgan fingerprint density at radius 3 is 2.68 bits per heavy atom. The van der Waals surface area contributed by atoms with Crippen LogP contribution in [0.3, 0.4) is 0 Å². The van der Waals surface area contributed by atoms with E-state index in [0.717, 1.165) is 37.4 Å². The second-order valence-electron chi connectivity index (χ2n) is 7.23. The zero-order valence-electron chi connectivity index (χ0n) is 16.5. The number of carbonyl (C=O) groups is 2. The van der Waals surface area contributed by atoms with Crippen LogP contribution in [0.5, 0.6) is 0 Å². The minimum absolute atomic E-state index is 0.163. The molecule has 1 aliphatic heterocycles. The van der Waals surface area contributed by atoms with Gasteiger partial charge >= 0.3 is 11.8 Å². The van der Waals surface area contributed by atoms with E-state index < -0.39 is 11.8 Å². The number of fused-ring (bicyclic) bond motifs is 1. The van der Waals surface area contributed by atoms with E-state index in [1.807, 2.05) is 43.3 Å². The van der Waals surface area contributed by atoms with Gasteiger partial charge in [-0.1, -0.05) is 18.2 Å². The van der Waals surface area contributed by atoms with Crippen molar-refractivity contribution >= 4 is 17.5 Å². The van der Waals surface area contributed by atoms with E-state index >= 15 is 0 Å². The molecular formula is C21H28N4O3. The number of rotatable bonds is 8. The summed E-state index contributed by atoms with van der Waals surface area (Å²) in [5.41, 5.74) is 2.43. The van der Waals surface area contributed by atoms with E-state index in [9.17, 15) is 9.59 Å². The highest BCUT2D eigenvalue weighted by molar-refractivity contribution is 6.35. The molecule has 0 saturated heterocycles. The SMILES string of the molecule is CN(C)CCCNC(=O)C(=O)NC[C@@H](c1ccco1)N1CCc2ccccc21. The number of nitrogens with one attached hydrogen (secondary N) is 2. The zero-order valence-corrected chi connectivity index (χ0v) is 16.5. The standard InChI is InChI=1S/C21H28N4O3/c1-24(2)12-6-11-22-20(26)21(27)23-15-18(19-9-5-14-28-19)25-13-10-16-7-3-4-8-17(16)25/h3-5,7-9,14,18H,6,10-13,15H2,1-2H3,(H,22,26)(H,23,27)/t18-/m0/s1. The van der Waals surface area contributed by atoms with Crippen molar-refractivity contribution in [2.75, 3.05) is 45.2 Å². The van der Waals surface area contributed by atoms with Crippen LogP contribution >= 0.6 is 0 Å². The van der Waals surface area contributed by atoms with Gasteiger partial charge in [0.2, 0.25) is 0 Å². The summed E-state index contributed by atoms with van der Waals surface area (Å²) < 4.78 is 5.62. The molecule has 28 heavy (non-hydrogen) atoms. The van der Waals surface area contributed by atoms with Gasteiger partial charge in [-0.2, -0.15) is 0 Å². The first kappa shape index (κ1) is 19.9. The van der Waals surface area contributed by atoms with Gasteiger partial charge in [-0.3, -0.25) is 9.59 Å². The van der Waals surface area contributed by atoms with Crippen LogP contribution < -0.4 is 15.5 Å². The van der Waals surface area contributed by atoms with Crippen molar-refractivity contribution in [2.45, 2.75) is 18.9 Å². The minimum atomic E-state index is -0.617. The first-order valence-corrected chi connectivity index (χ1v) is 9.65. The topological polar surface area (TPSA) is 77.8 Å². The van der Waals surface area contributed by atoms with E-state index in [2.05, 4.69) is 27.7 Å². The fourth-order valence-corrected chi connectivity index (χ4v) is 3.48. The number of furan rings is 1. The van der Waals surface area contributed by atoms with Crippen molar-refractivity contribution in [1.82, 2.24) is 15.5 Å². The lowest BCUT2D eigenvalue weighted by molar-refractivity contribution is -0.139. The first-order valence-electron chi connectivity index (χ1n) is 9.65. The molecule has 1 aromatic heterocycles. The fraction of sp³-hybridized carbons (Fsp3) is 0.429. The molecule has 2 amide bonds. The lowest BCUT2D eigenvalue weighted by Gasteiger charge is -2.29. The van der Waals surface area contributed by atoms with Gasteiger partial charge < -0.3 is 24.9 Å². The second kappa shape index (κ2) is 9.41. The highest BCUT2D eigenvalue weighted by Crippen LogP contribution is 2.34. The maximum atomic E-state index is 12.2. The molecule has 0 spiro atoms. The summed E-state index contributed by atoms with van der Waals surface area (Å²) in [5.74, 6) is -0.448. The summed E-state index contributed by atoms with van der Waals surface area (Å²) in [7, 11) is 3.94. The van der Waals surface area contributed by atoms with Crippen molar-refractivity contribution in [3.63, 3.8) is 0 Å². The maximum absolute atomic E-state index is 12.2. The third-order valence-corrected chi connectivity index (χ3v) is 4.90. The number of anilines is 1. The molecule has 7 heteroatoms. The number of hydrogen-bond acceptors (Lipinski definition) is 5. The van der Waals surface area contributed by atoms with E-state index in [-0.39, 0.29) is 6.04 Å². The summed E-state index contributed by atoms with van der Waals surface area (Å²) in [4.78, 5) is 28.5. The van der Waals surface area contributed by atoms with Crippen molar-refractivity contribution < 1.29 is 14.0 Å². The number of para-hydroxylation sites is 1. The Kier molecular flexibility index (Phi) is 6.71. The quantitative estimate of drug-likeness (QED) is 0.534. The van der Waals surface area contributed by atoms with Gasteiger partial charge in [0.05, 0.1) is 6.26 Å². The summed E-state index contributed by atoms with van der Waals surface area (Å²) in [6.07, 6.45) is 3.38. The Morgan fingerprint density at radius 1 is 1.14 bits per heavy atom. The Bertz CT molecular complexity index is 789. The predicted molar refractivity (Wildman–Crippen MR) is 108 cm³/mol. The molecule has 1 aliphatic rings. The molecule has 7 nitrogen and oxygen atoms in total. The molecule has 2 heterocycles. The Morgan fingerprint density at radius 2 is 1.93 bits per heavy atom. The Labute approximate surface area is 165 Å². The van der Waals surface area contributed by atoms with Gasteiger partial charge in [-0.15, -0.1) is 0 Å². The minimum Gasteiger partial charge on any atom is -0.467 e. The van der Waals surface area contributed by atoms with Crippen LogP contribution in [0.2, 0.25) is 0 Å². The van der Waals surface area contributed by atoms with Crippen LogP contribution in [-0.4, -0.2) is 57.0 Å². The fourth-order valence-electron chi connectivity index (χ4n) is 3.48. The summed E-state index contributed by atoms with van der Waals surface area (Å²) in [6.45, 7) is 2.48. The molecule has 0 saturated carbocycles. The van der Waals surface area contributed by atoms with Gasteiger partial charge in [0.1, 0.15) is 11.8 Å². The average Bonchev–Trinajstić information content (AvgIpc) is 3.36. The van der Waals surface area contributed by atoms with Crippen molar-refractivity contribution in [3.05, 3.63) is 54.0 Å². The molecular weight excluding hydrogens is 356 g/mol. The van der Waals surface area contributed by atoms with Crippen molar-refractivity contribution in [3.8, 4) is 0 Å². The lowest BCUT2D eigenvalue weighted by atomic mass is 10.1. The Balaban J connectivity index is 1.59. The molecule has 1 atom stereocenters. The molecule has 150 valence electrons. The smallest absolute Gasteiger partial charge is 0.309 e. The maximum Gasteiger partial charge on any atom is 0.309 e. The van der Waals surface area contributed by atoms with Gasteiger partial charge in [-0.25, -0.2) is 0 Å². The normalized spacial score (nSPS) is 14.0. The second-order valence-corrected chi connectivity index (χ2v) is 7.23. The first-order chi connectivity index (χ1) is 13.6. The molecule has 0 unspecified atom stereocenters. The van der Waals surface area contributed by atoms with Crippen LogP contribution in [0, 0.1) is 0 Å². The van der Waals surface area contributed by atoms with Crippen LogP contribution in [-0.2, 0) is 16.0 Å². The monoisotopic (exact) mass is 384 g/mol. The number of amides is 2. The predicted octanol–water partition coefficient (Wildman–Crippen LogP) is 1.57. The van der Waals surface area contributed by atoms with Crippen LogP contribution in [0.25, 0.3) is 0 Å². The molecule has 0 fully saturated rings. The van der Waals surface area contributed by atoms with E-state index in [1.165, 1.54) is 5.56 Å². The molecule has 0 bridgehead atoms. The highest BCUT2D eigenvalue weighted by atomic mass is 16.3. The molecule has 2 aromatic rings. The number of benzene rings is 1. The zero-order chi connectivity index (χ0) is 19.9. The van der Waals surface area contributed by atoms with Gasteiger partial charge in [0.15, 0.2) is 0 Å². The van der Waals surface area contributed by atoms with E-state index in [0.29, 0.717) is 13.1 Å². The van der Waals surface area contributed by atoms with Gasteiger partial charge in [0, 0.05) is 25.3 Å². The molecule has 2 N–H and O–H groups in total. The number of nitrogens with zero attached hydrogens (tertiary/aromatic N) is 2. The Hall–Kier alpha value is -2.80. The average molecular weight is 384 g/mol. The van der Waals surface area contributed by atoms with E-state index in [1.54, 1.807) is 6.26 Å². The summed E-state index contributed by atoms with van der Waals surface area (Å²) in [6, 6.07) is 11.8. The molecule has 0 aliphatic carbocycles.